The van der Waals surface area contributed by atoms with E-state index in [4.69, 9.17) is 0 Å². The van der Waals surface area contributed by atoms with Crippen molar-refractivity contribution in [3.05, 3.63) is 102 Å². The van der Waals surface area contributed by atoms with Gasteiger partial charge in [0.05, 0.1) is 16.8 Å². The summed E-state index contributed by atoms with van der Waals surface area (Å²) < 4.78 is 1.97. The Kier molecular flexibility index (Phi) is 4.82. The van der Waals surface area contributed by atoms with Gasteiger partial charge in [-0.05, 0) is 35.9 Å². The molecule has 0 radical (unpaired) electrons. The van der Waals surface area contributed by atoms with E-state index < -0.39 is 23.8 Å². The highest BCUT2D eigenvalue weighted by atomic mass is 16.2. The molecule has 1 aliphatic heterocycles. The number of benzene rings is 3. The van der Waals surface area contributed by atoms with E-state index in [1.807, 2.05) is 72.4 Å². The molecule has 4 aromatic rings. The smallest absolute Gasteiger partial charge is 0.262 e. The van der Waals surface area contributed by atoms with E-state index in [1.165, 1.54) is 0 Å². The largest absolute Gasteiger partial charge is 0.350 e. The number of aryl methyl sites for hydroxylation is 1. The molecule has 1 unspecified atom stereocenters. The minimum absolute atomic E-state index is 0.225. The predicted octanol–water partition coefficient (Wildman–Crippen LogP) is 4.02. The number of nitrogens with zero attached hydrogens (tertiary/aromatic N) is 2. The minimum Gasteiger partial charge on any atom is -0.350 e. The maximum atomic E-state index is 13.5. The molecule has 0 spiro atoms. The Bertz CT molecular complexity index is 1320. The van der Waals surface area contributed by atoms with Crippen LogP contribution in [-0.4, -0.2) is 33.2 Å². The molecule has 0 aliphatic carbocycles. The van der Waals surface area contributed by atoms with Crippen LogP contribution in [-0.2, 0) is 18.3 Å². The molecule has 32 heavy (non-hydrogen) atoms. The molecule has 5 rings (SSSR count). The fourth-order valence-electron chi connectivity index (χ4n) is 4.26. The van der Waals surface area contributed by atoms with Gasteiger partial charge in [-0.15, -0.1) is 0 Å². The average molecular weight is 423 g/mol. The van der Waals surface area contributed by atoms with Crippen molar-refractivity contribution in [1.29, 1.82) is 0 Å². The van der Waals surface area contributed by atoms with Gasteiger partial charge in [-0.1, -0.05) is 48.5 Å². The second-order valence-electron chi connectivity index (χ2n) is 7.89. The molecule has 0 saturated heterocycles. The zero-order valence-corrected chi connectivity index (χ0v) is 17.5. The number of hydrogen-bond donors (Lipinski definition) is 1. The van der Waals surface area contributed by atoms with E-state index in [0.29, 0.717) is 16.8 Å². The van der Waals surface area contributed by atoms with Crippen molar-refractivity contribution in [1.82, 2.24) is 9.47 Å². The monoisotopic (exact) mass is 423 g/mol. The van der Waals surface area contributed by atoms with Crippen LogP contribution in [0.4, 0.5) is 5.69 Å². The molecule has 2 heterocycles. The first-order valence-corrected chi connectivity index (χ1v) is 10.4. The fourth-order valence-corrected chi connectivity index (χ4v) is 4.26. The van der Waals surface area contributed by atoms with Gasteiger partial charge in [-0.2, -0.15) is 0 Å². The Morgan fingerprint density at radius 2 is 1.50 bits per heavy atom. The van der Waals surface area contributed by atoms with Crippen LogP contribution in [0.3, 0.4) is 0 Å². The molecule has 1 atom stereocenters. The lowest BCUT2D eigenvalue weighted by Crippen LogP contribution is -2.48. The van der Waals surface area contributed by atoms with Crippen LogP contribution in [0, 0.1) is 0 Å². The lowest BCUT2D eigenvalue weighted by molar-refractivity contribution is -0.119. The Morgan fingerprint density at radius 3 is 2.19 bits per heavy atom. The van der Waals surface area contributed by atoms with Gasteiger partial charge in [0.2, 0.25) is 5.91 Å². The molecule has 1 aromatic heterocycles. The van der Waals surface area contributed by atoms with Gasteiger partial charge in [-0.25, -0.2) is 0 Å². The van der Waals surface area contributed by atoms with E-state index in [2.05, 4.69) is 5.32 Å². The van der Waals surface area contributed by atoms with Gasteiger partial charge in [-0.3, -0.25) is 19.3 Å². The molecule has 158 valence electrons. The third-order valence-electron chi connectivity index (χ3n) is 5.90. The quantitative estimate of drug-likeness (QED) is 0.493. The maximum absolute atomic E-state index is 13.5. The molecule has 1 N–H and O–H groups in total. The Morgan fingerprint density at radius 1 is 0.844 bits per heavy atom. The number of aromatic nitrogens is 1. The average Bonchev–Trinajstić information content (AvgIpc) is 3.31. The van der Waals surface area contributed by atoms with Gasteiger partial charge in [0, 0.05) is 30.6 Å². The van der Waals surface area contributed by atoms with Crippen molar-refractivity contribution >= 4 is 34.3 Å². The predicted molar refractivity (Wildman–Crippen MR) is 122 cm³/mol. The molecule has 0 fully saturated rings. The van der Waals surface area contributed by atoms with Gasteiger partial charge >= 0.3 is 0 Å². The van der Waals surface area contributed by atoms with Crippen LogP contribution in [0.25, 0.3) is 10.9 Å². The molecule has 3 aromatic carbocycles. The summed E-state index contributed by atoms with van der Waals surface area (Å²) in [5, 5.41) is 3.86. The summed E-state index contributed by atoms with van der Waals surface area (Å²) in [5.74, 6) is -1.29. The van der Waals surface area contributed by atoms with Crippen LogP contribution < -0.4 is 5.32 Å². The van der Waals surface area contributed by atoms with E-state index >= 15 is 0 Å². The molecular weight excluding hydrogens is 402 g/mol. The Labute approximate surface area is 185 Å². The highest BCUT2D eigenvalue weighted by Crippen LogP contribution is 2.28. The molecule has 1 aliphatic rings. The summed E-state index contributed by atoms with van der Waals surface area (Å²) in [6.07, 6.45) is 2.15. The first-order chi connectivity index (χ1) is 15.5. The summed E-state index contributed by atoms with van der Waals surface area (Å²) in [6, 6.07) is 22.7. The number of nitrogens with one attached hydrogen (secondary N) is 1. The van der Waals surface area contributed by atoms with E-state index in [-0.39, 0.29) is 6.42 Å². The number of carbonyl (C=O) groups excluding carboxylic acids is 3. The Balaban J connectivity index is 1.52. The first kappa shape index (κ1) is 19.8. The number of amides is 3. The normalized spacial score (nSPS) is 14.0. The van der Waals surface area contributed by atoms with Gasteiger partial charge < -0.3 is 9.88 Å². The molecule has 0 saturated carbocycles. The molecule has 3 amide bonds. The highest BCUT2D eigenvalue weighted by Gasteiger charge is 2.42. The molecule has 6 heteroatoms. The molecule has 0 bridgehead atoms. The zero-order chi connectivity index (χ0) is 22.2. The van der Waals surface area contributed by atoms with Crippen molar-refractivity contribution < 1.29 is 14.4 Å². The van der Waals surface area contributed by atoms with Crippen LogP contribution in [0.5, 0.6) is 0 Å². The van der Waals surface area contributed by atoms with Crippen LogP contribution in [0.1, 0.15) is 26.3 Å². The third kappa shape index (κ3) is 3.26. The van der Waals surface area contributed by atoms with Crippen molar-refractivity contribution in [2.45, 2.75) is 12.5 Å². The fraction of sp³-hybridized carbons (Fsp3) is 0.115. The summed E-state index contributed by atoms with van der Waals surface area (Å²) >= 11 is 0. The molecule has 6 nitrogen and oxygen atoms in total. The van der Waals surface area contributed by atoms with E-state index in [1.54, 1.807) is 24.3 Å². The zero-order valence-electron chi connectivity index (χ0n) is 17.5. The van der Waals surface area contributed by atoms with Gasteiger partial charge in [0.15, 0.2) is 0 Å². The highest BCUT2D eigenvalue weighted by molar-refractivity contribution is 6.23. The van der Waals surface area contributed by atoms with E-state index in [0.717, 1.165) is 21.4 Å². The lowest BCUT2D eigenvalue weighted by atomic mass is 10.0. The summed E-state index contributed by atoms with van der Waals surface area (Å²) in [7, 11) is 1.94. The van der Waals surface area contributed by atoms with E-state index in [9.17, 15) is 14.4 Å². The summed E-state index contributed by atoms with van der Waals surface area (Å²) in [4.78, 5) is 40.9. The first-order valence-electron chi connectivity index (χ1n) is 10.4. The second-order valence-corrected chi connectivity index (χ2v) is 7.89. The SMILES string of the molecule is Cn1ccc2c(NC(=O)C(Cc3ccccc3)N3C(=O)c4ccccc4C3=O)cccc21. The van der Waals surface area contributed by atoms with Crippen LogP contribution in [0.2, 0.25) is 0 Å². The minimum atomic E-state index is -0.983. The van der Waals surface area contributed by atoms with Crippen LogP contribution >= 0.6 is 0 Å². The lowest BCUT2D eigenvalue weighted by Gasteiger charge is -2.25. The van der Waals surface area contributed by atoms with Crippen molar-refractivity contribution in [3.8, 4) is 0 Å². The second kappa shape index (κ2) is 7.81. The van der Waals surface area contributed by atoms with Crippen molar-refractivity contribution in [3.63, 3.8) is 0 Å². The number of fused-ring (bicyclic) bond motifs is 2. The van der Waals surface area contributed by atoms with Gasteiger partial charge in [0.25, 0.3) is 11.8 Å². The van der Waals surface area contributed by atoms with Gasteiger partial charge in [0.1, 0.15) is 6.04 Å². The maximum Gasteiger partial charge on any atom is 0.262 e. The van der Waals surface area contributed by atoms with Crippen LogP contribution in [0.15, 0.2) is 85.1 Å². The standard InChI is InChI=1S/C26H21N3O3/c1-28-15-14-20-21(12-7-13-22(20)28)27-24(30)23(16-17-8-3-2-4-9-17)29-25(31)18-10-5-6-11-19(18)26(29)32/h2-15,23H,16H2,1H3,(H,27,30). The number of rotatable bonds is 5. The number of imide groups is 1. The summed E-state index contributed by atoms with van der Waals surface area (Å²) in [5.41, 5.74) is 3.13. The van der Waals surface area contributed by atoms with Crippen molar-refractivity contribution in [2.75, 3.05) is 5.32 Å². The Hall–Kier alpha value is -4.19. The number of carbonyl (C=O) groups is 3. The summed E-state index contributed by atoms with van der Waals surface area (Å²) in [6.45, 7) is 0. The number of anilines is 1. The molecular formula is C26H21N3O3. The van der Waals surface area contributed by atoms with Crippen molar-refractivity contribution in [2.24, 2.45) is 7.05 Å². The number of hydrogen-bond acceptors (Lipinski definition) is 3. The third-order valence-corrected chi connectivity index (χ3v) is 5.90. The topological polar surface area (TPSA) is 71.4 Å².